The van der Waals surface area contributed by atoms with Crippen LogP contribution in [0.4, 0.5) is 13.2 Å². The minimum atomic E-state index is -4.34. The third kappa shape index (κ3) is 3.36. The molecule has 0 aliphatic carbocycles. The van der Waals surface area contributed by atoms with E-state index >= 15 is 0 Å². The van der Waals surface area contributed by atoms with E-state index in [1.807, 2.05) is 0 Å². The van der Waals surface area contributed by atoms with Gasteiger partial charge in [0.1, 0.15) is 5.69 Å². The van der Waals surface area contributed by atoms with Crippen LogP contribution in [0.15, 0.2) is 30.5 Å². The van der Waals surface area contributed by atoms with Gasteiger partial charge >= 0.3 is 6.18 Å². The Kier molecular flexibility index (Phi) is 3.56. The van der Waals surface area contributed by atoms with Crippen molar-refractivity contribution in [2.45, 2.75) is 32.1 Å². The summed E-state index contributed by atoms with van der Waals surface area (Å²) in [7, 11) is 0. The van der Waals surface area contributed by atoms with Gasteiger partial charge in [-0.05, 0) is 31.5 Å². The Labute approximate surface area is 114 Å². The molecule has 20 heavy (non-hydrogen) atoms. The summed E-state index contributed by atoms with van der Waals surface area (Å²) in [5, 5.41) is 7.80. The highest BCUT2D eigenvalue weighted by Gasteiger charge is 2.30. The molecule has 0 unspecified atom stereocenters. The predicted octanol–water partition coefficient (Wildman–Crippen LogP) is 2.54. The zero-order chi connectivity index (χ0) is 15.0. The number of halogens is 3. The largest absolute Gasteiger partial charge is 0.416 e. The Morgan fingerprint density at radius 1 is 1.25 bits per heavy atom. The summed E-state index contributed by atoms with van der Waals surface area (Å²) in [4.78, 5) is 0. The van der Waals surface area contributed by atoms with Crippen LogP contribution in [-0.2, 0) is 18.3 Å². The smallest absolute Gasteiger partial charge is 0.320 e. The average Bonchev–Trinajstić information content (AvgIpc) is 2.76. The Balaban J connectivity index is 2.20. The molecule has 108 valence electrons. The maximum Gasteiger partial charge on any atom is 0.416 e. The number of hydrogen-bond donors (Lipinski definition) is 1. The summed E-state index contributed by atoms with van der Waals surface area (Å²) < 4.78 is 39.3. The van der Waals surface area contributed by atoms with Crippen LogP contribution < -0.4 is 5.73 Å². The molecule has 4 nitrogen and oxygen atoms in total. The topological polar surface area (TPSA) is 56.7 Å². The molecule has 0 amide bonds. The second-order valence-electron chi connectivity index (χ2n) is 5.22. The fourth-order valence-electron chi connectivity index (χ4n) is 1.70. The predicted molar refractivity (Wildman–Crippen MR) is 67.8 cm³/mol. The van der Waals surface area contributed by atoms with Crippen LogP contribution in [0, 0.1) is 0 Å². The highest BCUT2D eigenvalue weighted by atomic mass is 19.4. The van der Waals surface area contributed by atoms with Crippen LogP contribution in [0.2, 0.25) is 0 Å². The third-order valence-corrected chi connectivity index (χ3v) is 2.80. The molecule has 0 bridgehead atoms. The number of hydrogen-bond acceptors (Lipinski definition) is 3. The van der Waals surface area contributed by atoms with E-state index in [1.165, 1.54) is 10.7 Å². The summed E-state index contributed by atoms with van der Waals surface area (Å²) in [6.45, 7) is 3.78. The van der Waals surface area contributed by atoms with E-state index < -0.39 is 17.3 Å². The van der Waals surface area contributed by atoms with Crippen LogP contribution in [0.3, 0.4) is 0 Å². The van der Waals surface area contributed by atoms with Gasteiger partial charge in [-0.15, -0.1) is 5.10 Å². The fraction of sp³-hybridized carbons (Fsp3) is 0.385. The molecule has 2 rings (SSSR count). The Morgan fingerprint density at radius 3 is 2.50 bits per heavy atom. The van der Waals surface area contributed by atoms with Crippen LogP contribution >= 0.6 is 0 Å². The number of nitrogens with two attached hydrogens (primary N) is 1. The molecule has 2 N–H and O–H groups in total. The molecule has 0 aliphatic heterocycles. The van der Waals surface area contributed by atoms with Crippen LogP contribution in [0.5, 0.6) is 0 Å². The molecular formula is C13H15F3N4. The maximum absolute atomic E-state index is 12.6. The van der Waals surface area contributed by atoms with Crippen molar-refractivity contribution in [3.63, 3.8) is 0 Å². The van der Waals surface area contributed by atoms with Gasteiger partial charge in [-0.1, -0.05) is 17.3 Å². The average molecular weight is 284 g/mol. The van der Waals surface area contributed by atoms with E-state index in [0.29, 0.717) is 11.3 Å². The van der Waals surface area contributed by atoms with Gasteiger partial charge in [0.05, 0.1) is 23.8 Å². The third-order valence-electron chi connectivity index (χ3n) is 2.80. The second kappa shape index (κ2) is 4.90. The molecule has 0 atom stereocenters. The van der Waals surface area contributed by atoms with E-state index in [9.17, 15) is 13.2 Å². The van der Waals surface area contributed by atoms with E-state index in [0.717, 1.165) is 12.1 Å². The van der Waals surface area contributed by atoms with Crippen molar-refractivity contribution in [3.8, 4) is 0 Å². The van der Waals surface area contributed by atoms with Gasteiger partial charge in [-0.3, -0.25) is 0 Å². The first-order valence-electron chi connectivity index (χ1n) is 6.02. The molecule has 2 aromatic rings. The molecule has 0 spiro atoms. The summed E-state index contributed by atoms with van der Waals surface area (Å²) in [6.07, 6.45) is -2.71. The number of alkyl halides is 3. The van der Waals surface area contributed by atoms with Crippen molar-refractivity contribution >= 4 is 0 Å². The van der Waals surface area contributed by atoms with Crippen LogP contribution in [-0.4, -0.2) is 15.0 Å². The van der Waals surface area contributed by atoms with E-state index in [1.54, 1.807) is 26.1 Å². The molecule has 0 saturated carbocycles. The quantitative estimate of drug-likeness (QED) is 0.942. The monoisotopic (exact) mass is 284 g/mol. The SMILES string of the molecule is CC(C)(N)c1cn(Cc2cccc(C(F)(F)F)c2)nn1. The van der Waals surface area contributed by atoms with Crippen LogP contribution in [0.1, 0.15) is 30.7 Å². The Bertz CT molecular complexity index is 596. The first-order valence-corrected chi connectivity index (χ1v) is 6.02. The minimum Gasteiger partial charge on any atom is -0.320 e. The van der Waals surface area contributed by atoms with Crippen molar-refractivity contribution in [3.05, 3.63) is 47.3 Å². The molecule has 1 heterocycles. The molecular weight excluding hydrogens is 269 g/mol. The van der Waals surface area contributed by atoms with E-state index in [4.69, 9.17) is 5.73 Å². The molecule has 7 heteroatoms. The lowest BCUT2D eigenvalue weighted by atomic mass is 10.0. The lowest BCUT2D eigenvalue weighted by molar-refractivity contribution is -0.137. The molecule has 0 radical (unpaired) electrons. The van der Waals surface area contributed by atoms with Gasteiger partial charge in [0.2, 0.25) is 0 Å². The normalized spacial score (nSPS) is 12.7. The lowest BCUT2D eigenvalue weighted by Crippen LogP contribution is -2.29. The second-order valence-corrected chi connectivity index (χ2v) is 5.22. The summed E-state index contributed by atoms with van der Waals surface area (Å²) in [6, 6.07) is 5.14. The number of aromatic nitrogens is 3. The molecule has 1 aromatic carbocycles. The summed E-state index contributed by atoms with van der Waals surface area (Å²) in [5.74, 6) is 0. The summed E-state index contributed by atoms with van der Waals surface area (Å²) >= 11 is 0. The summed E-state index contributed by atoms with van der Waals surface area (Å²) in [5.41, 5.74) is 5.67. The Morgan fingerprint density at radius 2 is 1.95 bits per heavy atom. The highest BCUT2D eigenvalue weighted by Crippen LogP contribution is 2.29. The van der Waals surface area contributed by atoms with Crippen molar-refractivity contribution < 1.29 is 13.2 Å². The van der Waals surface area contributed by atoms with Gasteiger partial charge < -0.3 is 5.73 Å². The zero-order valence-corrected chi connectivity index (χ0v) is 11.1. The van der Waals surface area contributed by atoms with Crippen LogP contribution in [0.25, 0.3) is 0 Å². The molecule has 1 aromatic heterocycles. The Hall–Kier alpha value is -1.89. The first kappa shape index (κ1) is 14.5. The van der Waals surface area contributed by atoms with E-state index in [-0.39, 0.29) is 6.54 Å². The van der Waals surface area contributed by atoms with E-state index in [2.05, 4.69) is 10.3 Å². The lowest BCUT2D eigenvalue weighted by Gasteiger charge is -2.13. The highest BCUT2D eigenvalue weighted by molar-refractivity contribution is 5.25. The number of benzene rings is 1. The van der Waals surface area contributed by atoms with Gasteiger partial charge in [0, 0.05) is 0 Å². The van der Waals surface area contributed by atoms with Crippen molar-refractivity contribution in [2.75, 3.05) is 0 Å². The zero-order valence-electron chi connectivity index (χ0n) is 11.1. The maximum atomic E-state index is 12.6. The molecule has 0 saturated heterocycles. The van der Waals surface area contributed by atoms with Crippen molar-refractivity contribution in [1.82, 2.24) is 15.0 Å². The fourth-order valence-corrected chi connectivity index (χ4v) is 1.70. The van der Waals surface area contributed by atoms with Gasteiger partial charge in [-0.25, -0.2) is 4.68 Å². The minimum absolute atomic E-state index is 0.215. The molecule has 0 aliphatic rings. The van der Waals surface area contributed by atoms with Gasteiger partial charge in [0.25, 0.3) is 0 Å². The number of nitrogens with zero attached hydrogens (tertiary/aromatic N) is 3. The van der Waals surface area contributed by atoms with Gasteiger partial charge in [0.15, 0.2) is 0 Å². The first-order chi connectivity index (χ1) is 9.16. The number of rotatable bonds is 3. The van der Waals surface area contributed by atoms with Crippen molar-refractivity contribution in [1.29, 1.82) is 0 Å². The van der Waals surface area contributed by atoms with Crippen molar-refractivity contribution in [2.24, 2.45) is 5.73 Å². The van der Waals surface area contributed by atoms with Gasteiger partial charge in [-0.2, -0.15) is 13.2 Å². The molecule has 0 fully saturated rings. The standard InChI is InChI=1S/C13H15F3N4/c1-12(2,17)11-8-20(19-18-11)7-9-4-3-5-10(6-9)13(14,15)16/h3-6,8H,7,17H2,1-2H3.